The lowest BCUT2D eigenvalue weighted by Crippen LogP contribution is -1.99. The Hall–Kier alpha value is -1.90. The Kier molecular flexibility index (Phi) is 1.93. The molecule has 0 amide bonds. The van der Waals surface area contributed by atoms with Gasteiger partial charge in [-0.05, 0) is 12.3 Å². The van der Waals surface area contributed by atoms with Crippen LogP contribution in [0, 0.1) is 5.41 Å². The lowest BCUT2D eigenvalue weighted by molar-refractivity contribution is 1.34. The molecular formula is C11H11N3. The molecule has 2 aromatic rings. The van der Waals surface area contributed by atoms with Crippen molar-refractivity contribution in [1.82, 2.24) is 4.98 Å². The van der Waals surface area contributed by atoms with Crippen LogP contribution in [0.3, 0.4) is 0 Å². The zero-order valence-electron chi connectivity index (χ0n) is 7.91. The maximum atomic E-state index is 7.61. The molecule has 0 aliphatic heterocycles. The van der Waals surface area contributed by atoms with E-state index in [1.165, 1.54) is 0 Å². The SMILES string of the molecule is CC(=N)c1cnc(N)c2ccccc12. The van der Waals surface area contributed by atoms with Crippen molar-refractivity contribution in [3.8, 4) is 0 Å². The molecular weight excluding hydrogens is 174 g/mol. The Bertz CT molecular complexity index is 503. The van der Waals surface area contributed by atoms with Crippen LogP contribution in [-0.4, -0.2) is 10.7 Å². The van der Waals surface area contributed by atoms with E-state index >= 15 is 0 Å². The maximum absolute atomic E-state index is 7.61. The smallest absolute Gasteiger partial charge is 0.131 e. The highest BCUT2D eigenvalue weighted by molar-refractivity contribution is 6.09. The molecule has 0 spiro atoms. The van der Waals surface area contributed by atoms with Gasteiger partial charge in [0.15, 0.2) is 0 Å². The number of nitrogens with two attached hydrogens (primary N) is 1. The topological polar surface area (TPSA) is 62.8 Å². The molecule has 3 N–H and O–H groups in total. The summed E-state index contributed by atoms with van der Waals surface area (Å²) in [6, 6.07) is 7.74. The number of aromatic nitrogens is 1. The second-order valence-corrected chi connectivity index (χ2v) is 3.23. The predicted octanol–water partition coefficient (Wildman–Crippen LogP) is 2.20. The summed E-state index contributed by atoms with van der Waals surface area (Å²) in [6.07, 6.45) is 1.65. The number of hydrogen-bond acceptors (Lipinski definition) is 3. The number of rotatable bonds is 1. The van der Waals surface area contributed by atoms with Gasteiger partial charge in [-0.25, -0.2) is 4.98 Å². The van der Waals surface area contributed by atoms with Crippen molar-refractivity contribution in [2.45, 2.75) is 6.92 Å². The Balaban J connectivity index is 2.88. The van der Waals surface area contributed by atoms with E-state index in [0.717, 1.165) is 16.3 Å². The standard InChI is InChI=1S/C11H11N3/c1-7(12)10-6-14-11(13)9-5-3-2-4-8(9)10/h2-6,12H,1H3,(H2,13,14). The molecule has 70 valence electrons. The average Bonchev–Trinajstić information content (AvgIpc) is 2.18. The molecule has 3 nitrogen and oxygen atoms in total. The number of pyridine rings is 1. The fourth-order valence-corrected chi connectivity index (χ4v) is 1.51. The van der Waals surface area contributed by atoms with E-state index in [1.807, 2.05) is 24.3 Å². The van der Waals surface area contributed by atoms with Gasteiger partial charge < -0.3 is 11.1 Å². The summed E-state index contributed by atoms with van der Waals surface area (Å²) >= 11 is 0. The first-order chi connectivity index (χ1) is 6.70. The Morgan fingerprint density at radius 2 is 1.93 bits per heavy atom. The minimum absolute atomic E-state index is 0.508. The summed E-state index contributed by atoms with van der Waals surface area (Å²) < 4.78 is 0. The number of nitrogens with one attached hydrogen (secondary N) is 1. The molecule has 0 fully saturated rings. The van der Waals surface area contributed by atoms with Crippen LogP contribution in [0.25, 0.3) is 10.8 Å². The highest BCUT2D eigenvalue weighted by atomic mass is 14.8. The number of anilines is 1. The summed E-state index contributed by atoms with van der Waals surface area (Å²) in [5.41, 5.74) is 7.09. The zero-order valence-corrected chi connectivity index (χ0v) is 7.91. The molecule has 0 radical (unpaired) electrons. The number of hydrogen-bond donors (Lipinski definition) is 2. The van der Waals surface area contributed by atoms with Crippen molar-refractivity contribution < 1.29 is 0 Å². The van der Waals surface area contributed by atoms with Gasteiger partial charge in [0.1, 0.15) is 5.82 Å². The molecule has 1 aromatic heterocycles. The highest BCUT2D eigenvalue weighted by Crippen LogP contribution is 2.22. The van der Waals surface area contributed by atoms with Crippen LogP contribution in [0.1, 0.15) is 12.5 Å². The maximum Gasteiger partial charge on any atom is 0.131 e. The van der Waals surface area contributed by atoms with E-state index in [2.05, 4.69) is 4.98 Å². The molecule has 0 unspecified atom stereocenters. The van der Waals surface area contributed by atoms with Gasteiger partial charge in [-0.1, -0.05) is 24.3 Å². The normalized spacial score (nSPS) is 10.4. The van der Waals surface area contributed by atoms with Gasteiger partial charge >= 0.3 is 0 Å². The number of nitrogens with zero attached hydrogens (tertiary/aromatic N) is 1. The third-order valence-electron chi connectivity index (χ3n) is 2.23. The van der Waals surface area contributed by atoms with E-state index in [4.69, 9.17) is 11.1 Å². The van der Waals surface area contributed by atoms with E-state index in [0.29, 0.717) is 11.5 Å². The van der Waals surface area contributed by atoms with Crippen LogP contribution in [-0.2, 0) is 0 Å². The van der Waals surface area contributed by atoms with E-state index in [1.54, 1.807) is 13.1 Å². The minimum Gasteiger partial charge on any atom is -0.383 e. The number of benzene rings is 1. The molecule has 0 bridgehead atoms. The van der Waals surface area contributed by atoms with Gasteiger partial charge in [0.25, 0.3) is 0 Å². The lowest BCUT2D eigenvalue weighted by atomic mass is 10.0. The monoisotopic (exact) mass is 185 g/mol. The minimum atomic E-state index is 0.508. The second kappa shape index (κ2) is 3.10. The second-order valence-electron chi connectivity index (χ2n) is 3.23. The van der Waals surface area contributed by atoms with Crippen molar-refractivity contribution in [3.05, 3.63) is 36.0 Å². The zero-order chi connectivity index (χ0) is 10.1. The van der Waals surface area contributed by atoms with Crippen LogP contribution < -0.4 is 5.73 Å². The fourth-order valence-electron chi connectivity index (χ4n) is 1.51. The molecule has 0 saturated heterocycles. The molecule has 0 aliphatic rings. The summed E-state index contributed by atoms with van der Waals surface area (Å²) in [5.74, 6) is 0.519. The molecule has 2 rings (SSSR count). The lowest BCUT2D eigenvalue weighted by Gasteiger charge is -2.05. The van der Waals surface area contributed by atoms with Crippen LogP contribution in [0.2, 0.25) is 0 Å². The van der Waals surface area contributed by atoms with Gasteiger partial charge in [-0.15, -0.1) is 0 Å². The fraction of sp³-hybridized carbons (Fsp3) is 0.0909. The first-order valence-electron chi connectivity index (χ1n) is 4.39. The van der Waals surface area contributed by atoms with E-state index < -0.39 is 0 Å². The van der Waals surface area contributed by atoms with Crippen LogP contribution in [0.15, 0.2) is 30.5 Å². The van der Waals surface area contributed by atoms with Gasteiger partial charge in [0, 0.05) is 22.9 Å². The van der Waals surface area contributed by atoms with Crippen LogP contribution >= 0.6 is 0 Å². The van der Waals surface area contributed by atoms with E-state index in [-0.39, 0.29) is 0 Å². The van der Waals surface area contributed by atoms with Crippen LogP contribution in [0.4, 0.5) is 5.82 Å². The first-order valence-corrected chi connectivity index (χ1v) is 4.39. The summed E-state index contributed by atoms with van der Waals surface area (Å²) in [4.78, 5) is 4.07. The van der Waals surface area contributed by atoms with Crippen molar-refractivity contribution >= 4 is 22.3 Å². The number of fused-ring (bicyclic) bond motifs is 1. The quantitative estimate of drug-likeness (QED) is 0.669. The van der Waals surface area contributed by atoms with Crippen LogP contribution in [0.5, 0.6) is 0 Å². The average molecular weight is 185 g/mol. The van der Waals surface area contributed by atoms with Crippen molar-refractivity contribution in [1.29, 1.82) is 5.41 Å². The van der Waals surface area contributed by atoms with E-state index in [9.17, 15) is 0 Å². The highest BCUT2D eigenvalue weighted by Gasteiger charge is 2.05. The molecule has 1 heterocycles. The van der Waals surface area contributed by atoms with Gasteiger partial charge in [-0.2, -0.15) is 0 Å². The predicted molar refractivity (Wildman–Crippen MR) is 58.7 cm³/mol. The molecule has 14 heavy (non-hydrogen) atoms. The van der Waals surface area contributed by atoms with Crippen molar-refractivity contribution in [2.75, 3.05) is 5.73 Å². The number of nitrogen functional groups attached to an aromatic ring is 1. The van der Waals surface area contributed by atoms with Crippen molar-refractivity contribution in [2.24, 2.45) is 0 Å². The summed E-state index contributed by atoms with van der Waals surface area (Å²) in [5, 5.41) is 9.51. The Morgan fingerprint density at radius 1 is 1.29 bits per heavy atom. The third-order valence-corrected chi connectivity index (χ3v) is 2.23. The molecule has 0 saturated carbocycles. The van der Waals surface area contributed by atoms with Gasteiger partial charge in [0.2, 0.25) is 0 Å². The Morgan fingerprint density at radius 3 is 2.57 bits per heavy atom. The van der Waals surface area contributed by atoms with Crippen molar-refractivity contribution in [3.63, 3.8) is 0 Å². The van der Waals surface area contributed by atoms with Gasteiger partial charge in [-0.3, -0.25) is 0 Å². The first kappa shape index (κ1) is 8.69. The molecule has 0 aliphatic carbocycles. The van der Waals surface area contributed by atoms with Gasteiger partial charge in [0.05, 0.1) is 0 Å². The molecule has 0 atom stereocenters. The third kappa shape index (κ3) is 1.23. The largest absolute Gasteiger partial charge is 0.383 e. The molecule has 1 aromatic carbocycles. The molecule has 3 heteroatoms. The summed E-state index contributed by atoms with van der Waals surface area (Å²) in [7, 11) is 0. The Labute approximate surface area is 82.1 Å². The summed E-state index contributed by atoms with van der Waals surface area (Å²) in [6.45, 7) is 1.75.